The van der Waals surface area contributed by atoms with Gasteiger partial charge < -0.3 is 0 Å². The lowest BCUT2D eigenvalue weighted by Gasteiger charge is -2.08. The van der Waals surface area contributed by atoms with Gasteiger partial charge in [0.05, 0.1) is 22.5 Å². The SMILES string of the molecule is FC(F)(F)c1cccc(-c2cccc(-c3nnc(-c4cccc(-c5nnc(-c6cccc(-c7cccc(C(F)(F)F)c7)n6)s5)n4)s3)n2)c1. The highest BCUT2D eigenvalue weighted by Gasteiger charge is 2.31. The van der Waals surface area contributed by atoms with Gasteiger partial charge in [0.1, 0.15) is 22.8 Å². The minimum absolute atomic E-state index is 0.319. The highest BCUT2D eigenvalue weighted by Crippen LogP contribution is 2.36. The van der Waals surface area contributed by atoms with Gasteiger partial charge in [-0.1, -0.05) is 65.1 Å². The van der Waals surface area contributed by atoms with Crippen molar-refractivity contribution >= 4 is 22.7 Å². The lowest BCUT2D eigenvalue weighted by atomic mass is 10.1. The molecule has 7 aromatic rings. The van der Waals surface area contributed by atoms with Gasteiger partial charge in [0.15, 0.2) is 20.0 Å². The number of pyridine rings is 3. The Morgan fingerprint density at radius 2 is 0.667 bits per heavy atom. The van der Waals surface area contributed by atoms with Crippen molar-refractivity contribution in [2.45, 2.75) is 12.4 Å². The van der Waals surface area contributed by atoms with Crippen LogP contribution in [0.1, 0.15) is 11.1 Å². The Balaban J connectivity index is 1.13. The van der Waals surface area contributed by atoms with Crippen LogP contribution in [0.3, 0.4) is 0 Å². The van der Waals surface area contributed by atoms with E-state index in [1.165, 1.54) is 34.8 Å². The van der Waals surface area contributed by atoms with Crippen molar-refractivity contribution in [1.82, 2.24) is 35.3 Å². The Kier molecular flexibility index (Phi) is 8.01. The summed E-state index contributed by atoms with van der Waals surface area (Å²) in [7, 11) is 0. The predicted molar refractivity (Wildman–Crippen MR) is 169 cm³/mol. The maximum atomic E-state index is 13.2. The highest BCUT2D eigenvalue weighted by molar-refractivity contribution is 7.18. The molecule has 5 aromatic heterocycles. The van der Waals surface area contributed by atoms with Crippen LogP contribution >= 0.6 is 22.7 Å². The van der Waals surface area contributed by atoms with E-state index in [2.05, 4.69) is 35.3 Å². The number of aromatic nitrogens is 7. The highest BCUT2D eigenvalue weighted by atomic mass is 32.1. The summed E-state index contributed by atoms with van der Waals surface area (Å²) in [6, 6.07) is 25.2. The Bertz CT molecular complexity index is 2110. The summed E-state index contributed by atoms with van der Waals surface area (Å²) in [6.07, 6.45) is -8.95. The third kappa shape index (κ3) is 6.55. The molecule has 0 aliphatic rings. The zero-order valence-electron chi connectivity index (χ0n) is 24.0. The smallest absolute Gasteiger partial charge is 0.245 e. The number of nitrogens with zero attached hydrogens (tertiary/aromatic N) is 7. The molecule has 0 saturated carbocycles. The van der Waals surface area contributed by atoms with Crippen LogP contribution in [0.25, 0.3) is 65.3 Å². The van der Waals surface area contributed by atoms with E-state index < -0.39 is 23.5 Å². The van der Waals surface area contributed by atoms with Gasteiger partial charge in [-0.15, -0.1) is 20.4 Å². The number of alkyl halides is 6. The van der Waals surface area contributed by atoms with Gasteiger partial charge in [0, 0.05) is 11.1 Å². The number of hydrogen-bond donors (Lipinski definition) is 0. The van der Waals surface area contributed by atoms with Gasteiger partial charge in [-0.25, -0.2) is 15.0 Å². The van der Waals surface area contributed by atoms with E-state index in [1.54, 1.807) is 66.7 Å². The number of benzene rings is 2. The molecule has 0 fully saturated rings. The minimum atomic E-state index is -4.48. The molecule has 15 heteroatoms. The van der Waals surface area contributed by atoms with Crippen LogP contribution in [0, 0.1) is 0 Å². The van der Waals surface area contributed by atoms with Gasteiger partial charge in [-0.05, 0) is 60.7 Å². The first-order valence-corrected chi connectivity index (χ1v) is 15.6. The predicted octanol–water partition coefficient (Wildman–Crippen LogP) is 9.61. The monoisotopic (exact) mass is 689 g/mol. The number of hydrogen-bond acceptors (Lipinski definition) is 9. The molecule has 48 heavy (non-hydrogen) atoms. The third-order valence-corrected chi connectivity index (χ3v) is 8.88. The van der Waals surface area contributed by atoms with Crippen LogP contribution < -0.4 is 0 Å². The summed E-state index contributed by atoms with van der Waals surface area (Å²) < 4.78 is 79.4. The summed E-state index contributed by atoms with van der Waals surface area (Å²) in [5, 5.41) is 18.9. The van der Waals surface area contributed by atoms with E-state index in [0.29, 0.717) is 65.3 Å². The van der Waals surface area contributed by atoms with Gasteiger partial charge in [0.25, 0.3) is 0 Å². The lowest BCUT2D eigenvalue weighted by Crippen LogP contribution is -2.04. The quantitative estimate of drug-likeness (QED) is 0.161. The van der Waals surface area contributed by atoms with E-state index >= 15 is 0 Å². The molecule has 0 saturated heterocycles. The van der Waals surface area contributed by atoms with Crippen molar-refractivity contribution < 1.29 is 26.3 Å². The van der Waals surface area contributed by atoms with E-state index in [0.717, 1.165) is 24.3 Å². The first-order valence-electron chi connectivity index (χ1n) is 14.0. The molecule has 0 aliphatic heterocycles. The van der Waals surface area contributed by atoms with E-state index in [9.17, 15) is 26.3 Å². The Morgan fingerprint density at radius 3 is 1.00 bits per heavy atom. The van der Waals surface area contributed by atoms with E-state index in [-0.39, 0.29) is 0 Å². The van der Waals surface area contributed by atoms with Gasteiger partial charge in [0.2, 0.25) is 0 Å². The second-order valence-corrected chi connectivity index (χ2v) is 12.2. The number of rotatable bonds is 6. The molecule has 2 aromatic carbocycles. The van der Waals surface area contributed by atoms with Crippen LogP contribution in [-0.4, -0.2) is 35.3 Å². The molecule has 0 radical (unpaired) electrons. The van der Waals surface area contributed by atoms with Crippen LogP contribution in [0.2, 0.25) is 0 Å². The normalized spacial score (nSPS) is 12.0. The molecule has 238 valence electrons. The van der Waals surface area contributed by atoms with Gasteiger partial charge in [-0.3, -0.25) is 0 Å². The fourth-order valence-electron chi connectivity index (χ4n) is 4.67. The Morgan fingerprint density at radius 1 is 0.375 bits per heavy atom. The lowest BCUT2D eigenvalue weighted by molar-refractivity contribution is -0.138. The van der Waals surface area contributed by atoms with Crippen molar-refractivity contribution in [2.24, 2.45) is 0 Å². The minimum Gasteiger partial charge on any atom is -0.245 e. The fourth-order valence-corrected chi connectivity index (χ4v) is 6.24. The Hall–Kier alpha value is -5.41. The standard InChI is InChI=1S/C33H17F6N7S2/c34-32(35,36)20-8-1-6-18(16-20)22-10-3-12-24(40-22)28-43-45-30(47-28)26-14-5-15-27(42-26)31-46-44-29(48-31)25-13-4-11-23(41-25)19-7-2-9-21(17-19)33(37,38)39/h1-17H. The van der Waals surface area contributed by atoms with Gasteiger partial charge >= 0.3 is 12.4 Å². The molecular weight excluding hydrogens is 673 g/mol. The molecule has 0 unspecified atom stereocenters. The van der Waals surface area contributed by atoms with E-state index in [4.69, 9.17) is 0 Å². The van der Waals surface area contributed by atoms with Gasteiger partial charge in [-0.2, -0.15) is 26.3 Å². The van der Waals surface area contributed by atoms with Crippen LogP contribution in [0.4, 0.5) is 26.3 Å². The molecule has 0 atom stereocenters. The summed E-state index contributed by atoms with van der Waals surface area (Å²) >= 11 is 2.44. The fraction of sp³-hybridized carbons (Fsp3) is 0.0606. The zero-order valence-corrected chi connectivity index (χ0v) is 25.7. The van der Waals surface area contributed by atoms with Crippen LogP contribution in [0.15, 0.2) is 103 Å². The first kappa shape index (κ1) is 31.2. The van der Waals surface area contributed by atoms with Crippen LogP contribution in [0.5, 0.6) is 0 Å². The average molecular weight is 690 g/mol. The van der Waals surface area contributed by atoms with Crippen molar-refractivity contribution in [2.75, 3.05) is 0 Å². The van der Waals surface area contributed by atoms with Crippen molar-refractivity contribution in [3.8, 4) is 65.3 Å². The third-order valence-electron chi connectivity index (χ3n) is 6.95. The summed E-state index contributed by atoms with van der Waals surface area (Å²) in [4.78, 5) is 13.7. The molecule has 0 bridgehead atoms. The largest absolute Gasteiger partial charge is 0.416 e. The molecular formula is C33H17F6N7S2. The first-order chi connectivity index (χ1) is 23.0. The maximum absolute atomic E-state index is 13.2. The molecule has 0 spiro atoms. The van der Waals surface area contributed by atoms with Crippen molar-refractivity contribution in [3.05, 3.63) is 114 Å². The van der Waals surface area contributed by atoms with E-state index in [1.807, 2.05) is 0 Å². The molecule has 0 N–H and O–H groups in total. The topological polar surface area (TPSA) is 90.2 Å². The second kappa shape index (κ2) is 12.3. The molecule has 5 heterocycles. The molecule has 7 nitrogen and oxygen atoms in total. The summed E-state index contributed by atoms with van der Waals surface area (Å²) in [5.74, 6) is 0. The summed E-state index contributed by atoms with van der Waals surface area (Å²) in [6.45, 7) is 0. The second-order valence-electron chi connectivity index (χ2n) is 10.2. The molecule has 0 amide bonds. The Labute approximate surface area is 275 Å². The number of halogens is 6. The average Bonchev–Trinajstić information content (AvgIpc) is 3.80. The maximum Gasteiger partial charge on any atom is 0.416 e. The zero-order chi connectivity index (χ0) is 33.5. The molecule has 7 rings (SSSR count). The van der Waals surface area contributed by atoms with Crippen LogP contribution in [-0.2, 0) is 12.4 Å². The van der Waals surface area contributed by atoms with Crippen molar-refractivity contribution in [3.63, 3.8) is 0 Å². The summed E-state index contributed by atoms with van der Waals surface area (Å²) in [5.41, 5.74) is 1.72. The van der Waals surface area contributed by atoms with Crippen molar-refractivity contribution in [1.29, 1.82) is 0 Å². The molecule has 0 aliphatic carbocycles.